The summed E-state index contributed by atoms with van der Waals surface area (Å²) in [5.74, 6) is 0.210. The van der Waals surface area contributed by atoms with Gasteiger partial charge in [-0.1, -0.05) is 121 Å². The summed E-state index contributed by atoms with van der Waals surface area (Å²) in [6.07, 6.45) is 2.20. The van der Waals surface area contributed by atoms with Crippen LogP contribution in [-0.2, 0) is 11.2 Å². The van der Waals surface area contributed by atoms with Gasteiger partial charge >= 0.3 is 0 Å². The van der Waals surface area contributed by atoms with E-state index < -0.39 is 0 Å². The number of para-hydroxylation sites is 1. The molecule has 1 atom stereocenters. The van der Waals surface area contributed by atoms with Crippen LogP contribution >= 0.6 is 0 Å². The van der Waals surface area contributed by atoms with Crippen LogP contribution in [0.25, 0.3) is 21.9 Å². The summed E-state index contributed by atoms with van der Waals surface area (Å²) in [6, 6.07) is 50.9. The average Bonchev–Trinajstić information content (AvgIpc) is 3.13. The molecule has 1 aliphatic rings. The van der Waals surface area contributed by atoms with E-state index in [2.05, 4.69) is 76.9 Å². The molecule has 4 nitrogen and oxygen atoms in total. The number of rotatable bonds is 9. The maximum absolute atomic E-state index is 13.6. The van der Waals surface area contributed by atoms with Crippen molar-refractivity contribution in [1.82, 2.24) is 0 Å². The number of ketones is 1. The fourth-order valence-electron chi connectivity index (χ4n) is 6.97. The number of amides is 1. The summed E-state index contributed by atoms with van der Waals surface area (Å²) in [5, 5.41) is 5.51. The minimum atomic E-state index is -0.204. The molecule has 1 aliphatic heterocycles. The summed E-state index contributed by atoms with van der Waals surface area (Å²) in [7, 11) is 0. The molecule has 1 heterocycles. The summed E-state index contributed by atoms with van der Waals surface area (Å²) in [6.45, 7) is 1.76. The molecule has 1 unspecified atom stereocenters. The third-order valence-corrected chi connectivity index (χ3v) is 9.45. The van der Waals surface area contributed by atoms with Crippen molar-refractivity contribution in [3.63, 3.8) is 0 Å². The molecular formula is C43H38N2O2. The van der Waals surface area contributed by atoms with Gasteiger partial charge in [0.1, 0.15) is 0 Å². The van der Waals surface area contributed by atoms with E-state index in [4.69, 9.17) is 0 Å². The van der Waals surface area contributed by atoms with Crippen LogP contribution in [0.15, 0.2) is 152 Å². The molecule has 0 spiro atoms. The lowest BCUT2D eigenvalue weighted by Crippen LogP contribution is -2.38. The molecule has 0 bridgehead atoms. The minimum Gasteiger partial charge on any atom is -0.372 e. The number of Topliss-reactive ketones (excluding diaryl/α,β-unsaturated/α-hetero) is 1. The third kappa shape index (κ3) is 6.87. The van der Waals surface area contributed by atoms with Crippen LogP contribution in [0.1, 0.15) is 40.2 Å². The van der Waals surface area contributed by atoms with Gasteiger partial charge in [-0.3, -0.25) is 9.59 Å². The van der Waals surface area contributed by atoms with Gasteiger partial charge in [0.05, 0.1) is 5.92 Å². The van der Waals surface area contributed by atoms with Crippen LogP contribution < -0.4 is 10.2 Å². The Bertz CT molecular complexity index is 1980. The first-order chi connectivity index (χ1) is 23.1. The van der Waals surface area contributed by atoms with E-state index in [0.717, 1.165) is 70.5 Å². The van der Waals surface area contributed by atoms with Crippen LogP contribution in [0.4, 0.5) is 11.4 Å². The predicted octanol–water partition coefficient (Wildman–Crippen LogP) is 9.57. The molecular weight excluding hydrogens is 576 g/mol. The highest BCUT2D eigenvalue weighted by molar-refractivity contribution is 6.04. The van der Waals surface area contributed by atoms with Gasteiger partial charge in [-0.25, -0.2) is 0 Å². The molecule has 7 rings (SSSR count). The number of carbonyl (C=O) groups excluding carboxylic acids is 2. The topological polar surface area (TPSA) is 49.4 Å². The molecule has 1 N–H and O–H groups in total. The van der Waals surface area contributed by atoms with E-state index in [-0.39, 0.29) is 23.5 Å². The number of hydrogen-bond acceptors (Lipinski definition) is 3. The molecule has 0 aliphatic carbocycles. The summed E-state index contributed by atoms with van der Waals surface area (Å²) < 4.78 is 0. The average molecular weight is 615 g/mol. The molecule has 47 heavy (non-hydrogen) atoms. The molecule has 1 fully saturated rings. The lowest BCUT2D eigenvalue weighted by molar-refractivity contribution is -0.119. The van der Waals surface area contributed by atoms with Crippen molar-refractivity contribution in [2.24, 2.45) is 5.92 Å². The molecule has 0 radical (unpaired) electrons. The zero-order chi connectivity index (χ0) is 32.0. The van der Waals surface area contributed by atoms with Gasteiger partial charge in [0.15, 0.2) is 5.78 Å². The zero-order valence-corrected chi connectivity index (χ0v) is 26.4. The van der Waals surface area contributed by atoms with Crippen molar-refractivity contribution < 1.29 is 9.59 Å². The fraction of sp³-hybridized carbons (Fsp3) is 0.163. The number of nitrogens with zero attached hydrogens (tertiary/aromatic N) is 1. The molecule has 0 aromatic heterocycles. The lowest BCUT2D eigenvalue weighted by atomic mass is 9.79. The first-order valence-electron chi connectivity index (χ1n) is 16.5. The molecule has 232 valence electrons. The van der Waals surface area contributed by atoms with Crippen molar-refractivity contribution in [3.05, 3.63) is 168 Å². The summed E-state index contributed by atoms with van der Waals surface area (Å²) in [4.78, 5) is 29.6. The SMILES string of the molecule is O=C(Cc1ccc(N2CCC(C(C(=O)Nc3ccccc3)c3ccccc3)CC2)cc1)c1ccccc1-c1ccc2ccccc2c1. The Hall–Kier alpha value is -5.48. The molecule has 1 saturated heterocycles. The molecule has 1 amide bonds. The van der Waals surface area contributed by atoms with E-state index in [1.165, 1.54) is 5.39 Å². The van der Waals surface area contributed by atoms with E-state index in [0.29, 0.717) is 6.42 Å². The van der Waals surface area contributed by atoms with Crippen molar-refractivity contribution in [3.8, 4) is 11.1 Å². The predicted molar refractivity (Wildman–Crippen MR) is 193 cm³/mol. The first-order valence-corrected chi connectivity index (χ1v) is 16.5. The highest BCUT2D eigenvalue weighted by Crippen LogP contribution is 2.35. The van der Waals surface area contributed by atoms with Crippen LogP contribution in [0.3, 0.4) is 0 Å². The van der Waals surface area contributed by atoms with Gasteiger partial charge in [-0.2, -0.15) is 0 Å². The first kappa shape index (κ1) is 30.2. The van der Waals surface area contributed by atoms with E-state index >= 15 is 0 Å². The highest BCUT2D eigenvalue weighted by Gasteiger charge is 2.33. The van der Waals surface area contributed by atoms with Crippen molar-refractivity contribution in [2.75, 3.05) is 23.3 Å². The Morgan fingerprint density at radius 1 is 0.660 bits per heavy atom. The number of fused-ring (bicyclic) bond motifs is 1. The number of benzene rings is 6. The molecule has 4 heteroatoms. The van der Waals surface area contributed by atoms with E-state index in [9.17, 15) is 9.59 Å². The Morgan fingerprint density at radius 2 is 1.30 bits per heavy atom. The maximum Gasteiger partial charge on any atom is 0.232 e. The standard InChI is InChI=1S/C43H38N2O2/c46-41(40-18-10-9-17-39(40)36-22-21-32-11-7-8-14-35(32)30-36)29-31-19-23-38(24-20-31)45-27-25-34(26-28-45)42(33-12-3-1-4-13-33)43(47)44-37-15-5-2-6-16-37/h1-24,30,34,42H,25-29H2,(H,44,47). The number of anilines is 2. The van der Waals surface area contributed by atoms with Gasteiger partial charge in [-0.15, -0.1) is 0 Å². The summed E-state index contributed by atoms with van der Waals surface area (Å²) >= 11 is 0. The molecule has 6 aromatic carbocycles. The van der Waals surface area contributed by atoms with Crippen molar-refractivity contribution >= 4 is 33.8 Å². The monoisotopic (exact) mass is 614 g/mol. The van der Waals surface area contributed by atoms with Crippen LogP contribution in [0.2, 0.25) is 0 Å². The fourth-order valence-corrected chi connectivity index (χ4v) is 6.97. The third-order valence-electron chi connectivity index (χ3n) is 9.45. The highest BCUT2D eigenvalue weighted by atomic mass is 16.2. The van der Waals surface area contributed by atoms with Gasteiger partial charge in [0.25, 0.3) is 0 Å². The van der Waals surface area contributed by atoms with Crippen molar-refractivity contribution in [1.29, 1.82) is 0 Å². The Labute approximate surface area is 276 Å². The largest absolute Gasteiger partial charge is 0.372 e. The normalized spacial score (nSPS) is 14.1. The second-order valence-electron chi connectivity index (χ2n) is 12.4. The van der Waals surface area contributed by atoms with Gasteiger partial charge in [0, 0.05) is 36.4 Å². The smallest absolute Gasteiger partial charge is 0.232 e. The number of hydrogen-bond donors (Lipinski definition) is 1. The van der Waals surface area contributed by atoms with Gasteiger partial charge in [-0.05, 0) is 82.1 Å². The number of nitrogens with one attached hydrogen (secondary N) is 1. The van der Waals surface area contributed by atoms with Gasteiger partial charge < -0.3 is 10.2 Å². The van der Waals surface area contributed by atoms with Crippen LogP contribution in [-0.4, -0.2) is 24.8 Å². The van der Waals surface area contributed by atoms with Crippen LogP contribution in [0, 0.1) is 5.92 Å². The Morgan fingerprint density at radius 3 is 2.04 bits per heavy atom. The zero-order valence-electron chi connectivity index (χ0n) is 26.4. The quantitative estimate of drug-likeness (QED) is 0.165. The van der Waals surface area contributed by atoms with E-state index in [1.807, 2.05) is 84.9 Å². The Balaban J connectivity index is 1.01. The molecule has 0 saturated carbocycles. The second-order valence-corrected chi connectivity index (χ2v) is 12.4. The number of piperidine rings is 1. The molecule has 6 aromatic rings. The van der Waals surface area contributed by atoms with Crippen LogP contribution in [0.5, 0.6) is 0 Å². The number of carbonyl (C=O) groups is 2. The second kappa shape index (κ2) is 13.9. The van der Waals surface area contributed by atoms with E-state index in [1.54, 1.807) is 0 Å². The van der Waals surface area contributed by atoms with Gasteiger partial charge in [0.2, 0.25) is 5.91 Å². The van der Waals surface area contributed by atoms with Crippen molar-refractivity contribution in [2.45, 2.75) is 25.2 Å². The minimum absolute atomic E-state index is 0.0528. The Kier molecular flexibility index (Phi) is 8.92. The maximum atomic E-state index is 13.6. The lowest BCUT2D eigenvalue weighted by Gasteiger charge is -2.37. The summed E-state index contributed by atoms with van der Waals surface area (Å²) in [5.41, 5.74) is 6.82.